The minimum Gasteiger partial charge on any atom is -0.497 e. The fourth-order valence-electron chi connectivity index (χ4n) is 6.40. The van der Waals surface area contributed by atoms with Crippen LogP contribution in [0.3, 0.4) is 0 Å². The molecule has 166 valence electrons. The first kappa shape index (κ1) is 21.7. The third kappa shape index (κ3) is 3.70. The fraction of sp³-hybridized carbons (Fsp3) is 0.600. The van der Waals surface area contributed by atoms with Gasteiger partial charge in [0.1, 0.15) is 11.8 Å². The number of nitriles is 1. The van der Waals surface area contributed by atoms with E-state index in [1.165, 1.54) is 17.3 Å². The zero-order chi connectivity index (χ0) is 22.2. The normalized spacial score (nSPS) is 34.0. The second-order valence-corrected chi connectivity index (χ2v) is 9.37. The van der Waals surface area contributed by atoms with Crippen molar-refractivity contribution < 1.29 is 19.4 Å². The lowest BCUT2D eigenvalue weighted by molar-refractivity contribution is -0.138. The second-order valence-electron chi connectivity index (χ2n) is 9.37. The number of aliphatic hydroxyl groups is 1. The van der Waals surface area contributed by atoms with E-state index in [1.807, 2.05) is 6.07 Å². The molecule has 3 aliphatic carbocycles. The van der Waals surface area contributed by atoms with E-state index in [2.05, 4.69) is 30.4 Å². The van der Waals surface area contributed by atoms with Crippen molar-refractivity contribution in [2.45, 2.75) is 64.0 Å². The standard InChI is InChI=1S/C25H32N2O4/c1-4-31-24(29)16(13-26)14-27-22-12-21-20-7-5-15-11-17(30-3)6-8-18(15)19(20)9-10-25(21,2)23(22)28/h6,8,11,14,19-23,27-28H,4-5,7,9-10,12H2,1-3H3/b16-14-/t19-,20-,21+,22+,23-,25+/m1/s1. The SMILES string of the molecule is CCOC(=O)/C(C#N)=C\N[C@H]1C[C@H]2[C@@H]3CCc4cc(OC)ccc4[C@H]3CC[C@]2(C)[C@@H]1O. The smallest absolute Gasteiger partial charge is 0.350 e. The van der Waals surface area contributed by atoms with Crippen molar-refractivity contribution in [2.75, 3.05) is 13.7 Å². The summed E-state index contributed by atoms with van der Waals surface area (Å²) < 4.78 is 10.3. The summed E-state index contributed by atoms with van der Waals surface area (Å²) in [6.45, 7) is 4.14. The molecule has 1 aromatic carbocycles. The molecule has 6 atom stereocenters. The first-order valence-electron chi connectivity index (χ1n) is 11.3. The Morgan fingerprint density at radius 2 is 2.23 bits per heavy atom. The Balaban J connectivity index is 1.54. The van der Waals surface area contributed by atoms with Gasteiger partial charge in [-0.15, -0.1) is 0 Å². The van der Waals surface area contributed by atoms with Crippen molar-refractivity contribution in [3.8, 4) is 11.8 Å². The Bertz CT molecular complexity index is 921. The number of benzene rings is 1. The van der Waals surface area contributed by atoms with Gasteiger partial charge in [-0.05, 0) is 85.5 Å². The number of carbonyl (C=O) groups excluding carboxylic acids is 1. The molecule has 1 aromatic rings. The Kier molecular flexibility index (Phi) is 5.98. The van der Waals surface area contributed by atoms with Gasteiger partial charge >= 0.3 is 5.97 Å². The molecule has 0 radical (unpaired) electrons. The molecule has 2 saturated carbocycles. The molecular formula is C25H32N2O4. The predicted molar refractivity (Wildman–Crippen MR) is 116 cm³/mol. The van der Waals surface area contributed by atoms with Crippen molar-refractivity contribution >= 4 is 5.97 Å². The molecule has 0 heterocycles. The molecule has 0 aliphatic heterocycles. The lowest BCUT2D eigenvalue weighted by Crippen LogP contribution is -2.46. The zero-order valence-corrected chi connectivity index (χ0v) is 18.6. The predicted octanol–water partition coefficient (Wildman–Crippen LogP) is 3.45. The summed E-state index contributed by atoms with van der Waals surface area (Å²) in [5.41, 5.74) is 2.62. The van der Waals surface area contributed by atoms with Crippen LogP contribution in [0.1, 0.15) is 56.6 Å². The molecule has 0 saturated heterocycles. The number of nitrogens with zero attached hydrogens (tertiary/aromatic N) is 1. The summed E-state index contributed by atoms with van der Waals surface area (Å²) in [4.78, 5) is 11.9. The van der Waals surface area contributed by atoms with Crippen LogP contribution in [-0.4, -0.2) is 36.9 Å². The Hall–Kier alpha value is -2.52. The van der Waals surface area contributed by atoms with E-state index in [-0.39, 0.29) is 23.6 Å². The number of carbonyl (C=O) groups is 1. The Labute approximate surface area is 184 Å². The topological polar surface area (TPSA) is 91.6 Å². The van der Waals surface area contributed by atoms with Crippen LogP contribution in [0.2, 0.25) is 0 Å². The lowest BCUT2D eigenvalue weighted by atomic mass is 9.55. The van der Waals surface area contributed by atoms with Gasteiger partial charge in [0, 0.05) is 6.20 Å². The number of rotatable bonds is 5. The molecule has 6 heteroatoms. The van der Waals surface area contributed by atoms with Crippen molar-refractivity contribution in [1.82, 2.24) is 5.32 Å². The van der Waals surface area contributed by atoms with Gasteiger partial charge in [-0.3, -0.25) is 0 Å². The summed E-state index contributed by atoms with van der Waals surface area (Å²) in [7, 11) is 1.71. The van der Waals surface area contributed by atoms with Crippen molar-refractivity contribution in [2.24, 2.45) is 17.3 Å². The molecule has 0 unspecified atom stereocenters. The maximum Gasteiger partial charge on any atom is 0.350 e. The van der Waals surface area contributed by atoms with E-state index in [9.17, 15) is 15.2 Å². The molecule has 31 heavy (non-hydrogen) atoms. The molecule has 0 spiro atoms. The molecule has 0 aromatic heterocycles. The number of aryl methyl sites for hydroxylation is 1. The van der Waals surface area contributed by atoms with Gasteiger partial charge in [0.25, 0.3) is 0 Å². The number of nitrogens with one attached hydrogen (secondary N) is 1. The molecule has 4 rings (SSSR count). The molecule has 6 nitrogen and oxygen atoms in total. The quantitative estimate of drug-likeness (QED) is 0.427. The highest BCUT2D eigenvalue weighted by Gasteiger charge is 2.57. The van der Waals surface area contributed by atoms with E-state index in [1.54, 1.807) is 14.0 Å². The third-order valence-corrected chi connectivity index (χ3v) is 7.99. The fourth-order valence-corrected chi connectivity index (χ4v) is 6.40. The highest BCUT2D eigenvalue weighted by Crippen LogP contribution is 2.61. The molecule has 0 bridgehead atoms. The maximum atomic E-state index is 11.9. The maximum absolute atomic E-state index is 11.9. The first-order chi connectivity index (χ1) is 14.9. The van der Waals surface area contributed by atoms with Crippen LogP contribution in [0.5, 0.6) is 5.75 Å². The van der Waals surface area contributed by atoms with Crippen LogP contribution in [0.4, 0.5) is 0 Å². The van der Waals surface area contributed by atoms with Gasteiger partial charge in [0.05, 0.1) is 25.9 Å². The minimum absolute atomic E-state index is 0.0625. The van der Waals surface area contributed by atoms with Gasteiger partial charge in [-0.2, -0.15) is 5.26 Å². The van der Waals surface area contributed by atoms with E-state index in [0.29, 0.717) is 17.8 Å². The summed E-state index contributed by atoms with van der Waals surface area (Å²) in [6, 6.07) is 8.19. The van der Waals surface area contributed by atoms with E-state index in [0.717, 1.165) is 37.9 Å². The van der Waals surface area contributed by atoms with E-state index >= 15 is 0 Å². The largest absolute Gasteiger partial charge is 0.497 e. The molecular weight excluding hydrogens is 392 g/mol. The van der Waals surface area contributed by atoms with Crippen molar-refractivity contribution in [3.63, 3.8) is 0 Å². The minimum atomic E-state index is -0.631. The molecule has 2 fully saturated rings. The molecule has 2 N–H and O–H groups in total. The van der Waals surface area contributed by atoms with Crippen LogP contribution in [0.15, 0.2) is 30.0 Å². The van der Waals surface area contributed by atoms with Gasteiger partial charge in [-0.1, -0.05) is 13.0 Å². The summed E-state index contributed by atoms with van der Waals surface area (Å²) in [6.07, 6.45) is 5.94. The van der Waals surface area contributed by atoms with Crippen molar-refractivity contribution in [3.05, 3.63) is 41.1 Å². The number of ether oxygens (including phenoxy) is 2. The van der Waals surface area contributed by atoms with Gasteiger partial charge in [0.2, 0.25) is 0 Å². The summed E-state index contributed by atoms with van der Waals surface area (Å²) >= 11 is 0. The Morgan fingerprint density at radius 3 is 2.94 bits per heavy atom. The number of hydrogen-bond donors (Lipinski definition) is 2. The van der Waals surface area contributed by atoms with Crippen LogP contribution in [0.25, 0.3) is 0 Å². The Morgan fingerprint density at radius 1 is 1.42 bits per heavy atom. The lowest BCUT2D eigenvalue weighted by Gasteiger charge is -2.50. The second kappa shape index (κ2) is 8.55. The van der Waals surface area contributed by atoms with E-state index in [4.69, 9.17) is 9.47 Å². The zero-order valence-electron chi connectivity index (χ0n) is 18.6. The summed E-state index contributed by atoms with van der Waals surface area (Å²) in [5.74, 6) is 1.73. The number of methoxy groups -OCH3 is 1. The van der Waals surface area contributed by atoms with Gasteiger partial charge in [-0.25, -0.2) is 4.79 Å². The average molecular weight is 425 g/mol. The monoisotopic (exact) mass is 424 g/mol. The molecule has 3 aliphatic rings. The van der Waals surface area contributed by atoms with Crippen LogP contribution in [0, 0.1) is 28.6 Å². The van der Waals surface area contributed by atoms with Gasteiger partial charge in [0.15, 0.2) is 5.57 Å². The highest BCUT2D eigenvalue weighted by molar-refractivity contribution is 5.92. The van der Waals surface area contributed by atoms with Crippen LogP contribution >= 0.6 is 0 Å². The first-order valence-corrected chi connectivity index (χ1v) is 11.3. The average Bonchev–Trinajstić information content (AvgIpc) is 3.04. The number of esters is 1. The number of hydrogen-bond acceptors (Lipinski definition) is 6. The molecule has 0 amide bonds. The summed E-state index contributed by atoms with van der Waals surface area (Å²) in [5, 5.41) is 23.7. The van der Waals surface area contributed by atoms with Crippen molar-refractivity contribution in [1.29, 1.82) is 5.26 Å². The van der Waals surface area contributed by atoms with E-state index < -0.39 is 12.1 Å². The third-order valence-electron chi connectivity index (χ3n) is 7.99. The highest BCUT2D eigenvalue weighted by atomic mass is 16.5. The van der Waals surface area contributed by atoms with Crippen LogP contribution in [-0.2, 0) is 16.0 Å². The van der Waals surface area contributed by atoms with Crippen LogP contribution < -0.4 is 10.1 Å². The number of fused-ring (bicyclic) bond motifs is 5. The number of aliphatic hydroxyl groups excluding tert-OH is 1. The van der Waals surface area contributed by atoms with Gasteiger partial charge < -0.3 is 19.9 Å².